The summed E-state index contributed by atoms with van der Waals surface area (Å²) in [6.45, 7) is 18.5. The third-order valence-electron chi connectivity index (χ3n) is 8.28. The highest BCUT2D eigenvalue weighted by molar-refractivity contribution is 6.31. The van der Waals surface area contributed by atoms with Crippen LogP contribution in [0, 0.1) is 6.92 Å². The molecule has 1 fully saturated rings. The molecule has 1 saturated heterocycles. The number of amidine groups is 1. The number of hydrogen-bond acceptors (Lipinski definition) is 6. The maximum atomic E-state index is 13.8. The molecule has 7 nitrogen and oxygen atoms in total. The Bertz CT molecular complexity index is 1470. The van der Waals surface area contributed by atoms with Gasteiger partial charge in [-0.25, -0.2) is 4.99 Å². The smallest absolute Gasteiger partial charge is 0.259 e. The van der Waals surface area contributed by atoms with E-state index in [1.165, 1.54) is 5.69 Å². The highest BCUT2D eigenvalue weighted by atomic mass is 16.5. The van der Waals surface area contributed by atoms with Gasteiger partial charge in [0.25, 0.3) is 5.91 Å². The summed E-state index contributed by atoms with van der Waals surface area (Å²) in [5.74, 6) is 2.15. The van der Waals surface area contributed by atoms with E-state index in [0.717, 1.165) is 84.1 Å². The van der Waals surface area contributed by atoms with E-state index in [2.05, 4.69) is 79.3 Å². The molecule has 45 heavy (non-hydrogen) atoms. The molecule has 242 valence electrons. The molecule has 0 spiro atoms. The fourth-order valence-electron chi connectivity index (χ4n) is 5.38. The van der Waals surface area contributed by atoms with Crippen LogP contribution in [-0.2, 0) is 9.53 Å². The highest BCUT2D eigenvalue weighted by Crippen LogP contribution is 2.31. The van der Waals surface area contributed by atoms with Gasteiger partial charge in [-0.3, -0.25) is 9.69 Å². The highest BCUT2D eigenvalue weighted by Gasteiger charge is 2.29. The van der Waals surface area contributed by atoms with Gasteiger partial charge >= 0.3 is 0 Å². The van der Waals surface area contributed by atoms with E-state index in [-0.39, 0.29) is 5.91 Å². The fourth-order valence-corrected chi connectivity index (χ4v) is 5.38. The number of likely N-dealkylation sites (N-methyl/N-ethyl adjacent to an activating group) is 2. The van der Waals surface area contributed by atoms with Gasteiger partial charge < -0.3 is 19.9 Å². The number of hydrogen-bond donors (Lipinski definition) is 1. The first-order chi connectivity index (χ1) is 21.7. The predicted octanol–water partition coefficient (Wildman–Crippen LogP) is 8.12. The standard InChI is InChI=1S/C36H47N5O2.C2H6/c1-9-12-33(43-8)28-13-18-31(26(5)23-28)32-24-27(11-3)35(40(7)36(32)42)38-34(25(4)10-2)37-29-14-16-30(17-15-29)41-21-19-39(6)20-22-41;1-2/h11-18,23-24,37H,9-10,19-22H2,1-8H3;1-2H3/b27-11-,33-12+,34-25?,38-35+;. The van der Waals surface area contributed by atoms with Crippen LogP contribution in [0.4, 0.5) is 11.4 Å². The zero-order chi connectivity index (χ0) is 33.1. The molecule has 0 unspecified atom stereocenters. The van der Waals surface area contributed by atoms with Gasteiger partial charge in [0.2, 0.25) is 0 Å². The molecule has 2 heterocycles. The zero-order valence-corrected chi connectivity index (χ0v) is 29.1. The number of ether oxygens (including phenoxy) is 1. The van der Waals surface area contributed by atoms with E-state index in [0.29, 0.717) is 11.4 Å². The second-order valence-electron chi connectivity index (χ2n) is 11.3. The van der Waals surface area contributed by atoms with Crippen LogP contribution in [0.3, 0.4) is 0 Å². The lowest BCUT2D eigenvalue weighted by Crippen LogP contribution is -2.44. The van der Waals surface area contributed by atoms with Crippen molar-refractivity contribution in [2.45, 2.75) is 61.3 Å². The number of piperazine rings is 1. The van der Waals surface area contributed by atoms with Crippen molar-refractivity contribution in [3.63, 3.8) is 0 Å². The van der Waals surface area contributed by atoms with Crippen LogP contribution in [0.1, 0.15) is 71.1 Å². The largest absolute Gasteiger partial charge is 0.496 e. The number of anilines is 2. The van der Waals surface area contributed by atoms with Crippen LogP contribution >= 0.6 is 0 Å². The summed E-state index contributed by atoms with van der Waals surface area (Å²) < 4.78 is 5.58. The molecule has 2 aromatic rings. The molecule has 2 aromatic carbocycles. The average molecular weight is 612 g/mol. The van der Waals surface area contributed by atoms with Crippen molar-refractivity contribution in [1.82, 2.24) is 9.80 Å². The first kappa shape index (κ1) is 35.4. The van der Waals surface area contributed by atoms with E-state index < -0.39 is 0 Å². The van der Waals surface area contributed by atoms with E-state index in [9.17, 15) is 4.79 Å². The summed E-state index contributed by atoms with van der Waals surface area (Å²) in [6.07, 6.45) is 7.77. The van der Waals surface area contributed by atoms with Gasteiger partial charge in [-0.15, -0.1) is 0 Å². The first-order valence-electron chi connectivity index (χ1n) is 16.3. The van der Waals surface area contributed by atoms with Crippen LogP contribution < -0.4 is 10.2 Å². The van der Waals surface area contributed by atoms with Crippen molar-refractivity contribution in [2.24, 2.45) is 4.99 Å². The molecule has 7 heteroatoms. The summed E-state index contributed by atoms with van der Waals surface area (Å²) in [7, 11) is 5.66. The van der Waals surface area contributed by atoms with E-state index in [4.69, 9.17) is 9.73 Å². The van der Waals surface area contributed by atoms with Crippen LogP contribution in [0.15, 0.2) is 82.7 Å². The maximum absolute atomic E-state index is 13.8. The number of carbonyl (C=O) groups is 1. The topological polar surface area (TPSA) is 60.4 Å². The maximum Gasteiger partial charge on any atom is 0.259 e. The molecule has 2 aliphatic heterocycles. The van der Waals surface area contributed by atoms with Crippen molar-refractivity contribution in [3.8, 4) is 0 Å². The third-order valence-corrected chi connectivity index (χ3v) is 8.28. The summed E-state index contributed by atoms with van der Waals surface area (Å²) in [5, 5.41) is 3.54. The Morgan fingerprint density at radius 1 is 1.02 bits per heavy atom. The number of benzene rings is 2. The normalized spacial score (nSPS) is 18.4. The second kappa shape index (κ2) is 16.8. The Hall–Kier alpha value is -4.10. The van der Waals surface area contributed by atoms with Gasteiger partial charge in [0.15, 0.2) is 0 Å². The van der Waals surface area contributed by atoms with Crippen LogP contribution in [0.2, 0.25) is 0 Å². The van der Waals surface area contributed by atoms with Gasteiger partial charge in [-0.2, -0.15) is 0 Å². The molecular weight excluding hydrogens is 558 g/mol. The Morgan fingerprint density at radius 2 is 1.69 bits per heavy atom. The number of amides is 1. The number of allylic oxidation sites excluding steroid dienone is 3. The number of nitrogens with one attached hydrogen (secondary N) is 1. The van der Waals surface area contributed by atoms with E-state index in [1.807, 2.05) is 52.0 Å². The minimum absolute atomic E-state index is 0.0821. The van der Waals surface area contributed by atoms with Crippen LogP contribution in [0.25, 0.3) is 11.3 Å². The van der Waals surface area contributed by atoms with Crippen molar-refractivity contribution in [3.05, 3.63) is 94.4 Å². The number of aliphatic imine (C=N–C) groups is 1. The average Bonchev–Trinajstić information content (AvgIpc) is 3.07. The lowest BCUT2D eigenvalue weighted by molar-refractivity contribution is -0.120. The molecular formula is C38H53N5O2. The fraction of sp³-hybridized carbons (Fsp3) is 0.421. The Labute approximate surface area is 271 Å². The minimum atomic E-state index is -0.0821. The predicted molar refractivity (Wildman–Crippen MR) is 193 cm³/mol. The van der Waals surface area contributed by atoms with Gasteiger partial charge in [-0.05, 0) is 99.8 Å². The summed E-state index contributed by atoms with van der Waals surface area (Å²) >= 11 is 0. The molecule has 1 amide bonds. The van der Waals surface area contributed by atoms with Gasteiger partial charge in [0, 0.05) is 61.3 Å². The Kier molecular flexibility index (Phi) is 13.2. The zero-order valence-electron chi connectivity index (χ0n) is 29.1. The molecule has 0 aliphatic carbocycles. The lowest BCUT2D eigenvalue weighted by Gasteiger charge is -2.34. The number of aryl methyl sites for hydroxylation is 1. The van der Waals surface area contributed by atoms with Crippen LogP contribution in [-0.4, -0.2) is 68.9 Å². The molecule has 1 N–H and O–H groups in total. The lowest BCUT2D eigenvalue weighted by atomic mass is 9.92. The number of methoxy groups -OCH3 is 1. The molecule has 0 bridgehead atoms. The van der Waals surface area contributed by atoms with Gasteiger partial charge in [0.1, 0.15) is 17.4 Å². The molecule has 0 aromatic heterocycles. The van der Waals surface area contributed by atoms with Crippen molar-refractivity contribution in [1.29, 1.82) is 0 Å². The third kappa shape index (κ3) is 8.54. The van der Waals surface area contributed by atoms with Crippen LogP contribution in [0.5, 0.6) is 0 Å². The SMILES string of the molecule is C/C=C1/C=C(c2ccc(/C(=C\CC)OC)cc2C)C(=O)N(C)/C1=N/C(Nc1ccc(N2CCN(C)CC2)cc1)=C(C)CC.CC. The number of rotatable bonds is 9. The summed E-state index contributed by atoms with van der Waals surface area (Å²) in [5.41, 5.74) is 7.80. The van der Waals surface area contributed by atoms with Crippen molar-refractivity contribution >= 4 is 34.4 Å². The van der Waals surface area contributed by atoms with Crippen molar-refractivity contribution < 1.29 is 9.53 Å². The quantitative estimate of drug-likeness (QED) is 0.290. The molecule has 0 saturated carbocycles. The van der Waals surface area contributed by atoms with E-state index in [1.54, 1.807) is 19.1 Å². The number of carbonyl (C=O) groups excluding carboxylic acids is 1. The van der Waals surface area contributed by atoms with Gasteiger partial charge in [-0.1, -0.05) is 45.9 Å². The Morgan fingerprint density at radius 3 is 2.24 bits per heavy atom. The molecule has 4 rings (SSSR count). The minimum Gasteiger partial charge on any atom is -0.496 e. The Balaban J connectivity index is 0.00000271. The first-order valence-corrected chi connectivity index (χ1v) is 16.3. The second-order valence-corrected chi connectivity index (χ2v) is 11.3. The van der Waals surface area contributed by atoms with Crippen molar-refractivity contribution in [2.75, 3.05) is 57.6 Å². The van der Waals surface area contributed by atoms with E-state index >= 15 is 0 Å². The summed E-state index contributed by atoms with van der Waals surface area (Å²) in [6, 6.07) is 14.7. The molecule has 2 aliphatic rings. The number of nitrogens with zero attached hydrogens (tertiary/aromatic N) is 4. The summed E-state index contributed by atoms with van der Waals surface area (Å²) in [4.78, 5) is 25.3. The monoisotopic (exact) mass is 611 g/mol. The molecule has 0 atom stereocenters. The molecule has 0 radical (unpaired) electrons. The van der Waals surface area contributed by atoms with Gasteiger partial charge in [0.05, 0.1) is 7.11 Å².